The molecule has 3 aliphatic rings. The summed E-state index contributed by atoms with van der Waals surface area (Å²) < 4.78 is 43.0. The molecule has 12 nitrogen and oxygen atoms in total. The Labute approximate surface area is 355 Å². The Bertz CT molecular complexity index is 2430. The molecule has 314 valence electrons. The molecule has 3 N–H and O–H groups in total. The van der Waals surface area contributed by atoms with Gasteiger partial charge in [0.25, 0.3) is 0 Å². The summed E-state index contributed by atoms with van der Waals surface area (Å²) in [5.74, 6) is 0.185. The highest BCUT2D eigenvalue weighted by Crippen LogP contribution is 2.39. The molecule has 0 radical (unpaired) electrons. The molecule has 0 aliphatic carbocycles. The molecule has 2 amide bonds. The Hall–Kier alpha value is -5.25. The second-order valence-corrected chi connectivity index (χ2v) is 19.2. The SMILES string of the molecule is CCCS(=O)(=O)Nc1cccc(-c2nc(C)sc2-c2ccnc(Nc3ccc(C4CCN(CC5CCN(c6ccc([C@@H]7CCC(=O)NC7=O)cc6)CC5)CC4)cc3)n2)c1F. The van der Waals surface area contributed by atoms with Crippen LogP contribution in [0, 0.1) is 18.7 Å². The minimum atomic E-state index is -3.68. The lowest BCUT2D eigenvalue weighted by atomic mass is 9.88. The van der Waals surface area contributed by atoms with E-state index < -0.39 is 15.8 Å². The van der Waals surface area contributed by atoms with Gasteiger partial charge in [0.2, 0.25) is 27.8 Å². The van der Waals surface area contributed by atoms with Crippen molar-refractivity contribution in [2.75, 3.05) is 53.4 Å². The Morgan fingerprint density at radius 2 is 1.62 bits per heavy atom. The number of hydrogen-bond donors (Lipinski definition) is 3. The summed E-state index contributed by atoms with van der Waals surface area (Å²) in [6.45, 7) is 8.98. The molecule has 5 aromatic rings. The van der Waals surface area contributed by atoms with E-state index in [9.17, 15) is 18.0 Å². The van der Waals surface area contributed by atoms with Gasteiger partial charge < -0.3 is 15.1 Å². The summed E-state index contributed by atoms with van der Waals surface area (Å²) in [6, 6.07) is 23.2. The number of amides is 2. The van der Waals surface area contributed by atoms with Gasteiger partial charge >= 0.3 is 0 Å². The lowest BCUT2D eigenvalue weighted by Gasteiger charge is -2.38. The zero-order valence-corrected chi connectivity index (χ0v) is 35.6. The fourth-order valence-corrected chi connectivity index (χ4v) is 10.7. The first kappa shape index (κ1) is 41.5. The van der Waals surface area contributed by atoms with Gasteiger partial charge in [0.15, 0.2) is 5.82 Å². The first-order chi connectivity index (χ1) is 29.0. The number of carbonyl (C=O) groups excluding carboxylic acids is 2. The first-order valence-corrected chi connectivity index (χ1v) is 23.4. The number of aromatic nitrogens is 3. The van der Waals surface area contributed by atoms with Gasteiger partial charge in [-0.15, -0.1) is 11.3 Å². The van der Waals surface area contributed by atoms with Gasteiger partial charge in [-0.3, -0.25) is 19.6 Å². The van der Waals surface area contributed by atoms with Gasteiger partial charge in [-0.2, -0.15) is 0 Å². The zero-order valence-electron chi connectivity index (χ0n) is 34.0. The number of benzene rings is 3. The number of likely N-dealkylation sites (tertiary alicyclic amines) is 1. The quantitative estimate of drug-likeness (QED) is 0.0990. The second kappa shape index (κ2) is 18.2. The van der Waals surface area contributed by atoms with E-state index in [-0.39, 0.29) is 34.7 Å². The number of piperidine rings is 3. The molecule has 0 bridgehead atoms. The van der Waals surface area contributed by atoms with E-state index in [1.165, 1.54) is 41.5 Å². The summed E-state index contributed by atoms with van der Waals surface area (Å²) in [7, 11) is -3.68. The van der Waals surface area contributed by atoms with Gasteiger partial charge in [0.1, 0.15) is 0 Å². The van der Waals surface area contributed by atoms with E-state index in [1.54, 1.807) is 31.3 Å². The summed E-state index contributed by atoms with van der Waals surface area (Å²) in [6.07, 6.45) is 7.62. The molecule has 0 spiro atoms. The molecule has 3 aliphatic heterocycles. The highest BCUT2D eigenvalue weighted by Gasteiger charge is 2.29. The fraction of sp³-hybridized carbons (Fsp3) is 0.400. The maximum absolute atomic E-state index is 15.8. The Balaban J connectivity index is 0.824. The lowest BCUT2D eigenvalue weighted by Crippen LogP contribution is -2.41. The topological polar surface area (TPSA) is 150 Å². The molecular formula is C45H51FN8O4S2. The average Bonchev–Trinajstić information content (AvgIpc) is 3.64. The van der Waals surface area contributed by atoms with Crippen LogP contribution in [-0.4, -0.2) is 78.6 Å². The number of sulfonamides is 1. The predicted molar refractivity (Wildman–Crippen MR) is 236 cm³/mol. The van der Waals surface area contributed by atoms with Crippen LogP contribution in [0.4, 0.5) is 27.4 Å². The zero-order chi connectivity index (χ0) is 41.8. The van der Waals surface area contributed by atoms with Crippen molar-refractivity contribution in [1.82, 2.24) is 25.2 Å². The van der Waals surface area contributed by atoms with Crippen molar-refractivity contribution >= 4 is 56.2 Å². The number of nitrogens with one attached hydrogen (secondary N) is 3. The van der Waals surface area contributed by atoms with E-state index in [0.717, 1.165) is 61.8 Å². The van der Waals surface area contributed by atoms with Crippen LogP contribution < -0.4 is 20.3 Å². The van der Waals surface area contributed by atoms with E-state index in [2.05, 4.69) is 71.5 Å². The van der Waals surface area contributed by atoms with Gasteiger partial charge in [-0.25, -0.2) is 27.8 Å². The van der Waals surface area contributed by atoms with Crippen molar-refractivity contribution in [2.45, 2.75) is 70.6 Å². The minimum absolute atomic E-state index is 0.102. The third-order valence-corrected chi connectivity index (χ3v) is 14.3. The Morgan fingerprint density at radius 1 is 0.883 bits per heavy atom. The van der Waals surface area contributed by atoms with E-state index in [0.29, 0.717) is 53.3 Å². The van der Waals surface area contributed by atoms with Crippen LogP contribution in [0.15, 0.2) is 79.0 Å². The molecular weight excluding hydrogens is 800 g/mol. The molecule has 3 saturated heterocycles. The van der Waals surface area contributed by atoms with Crippen molar-refractivity contribution in [3.05, 3.63) is 101 Å². The lowest BCUT2D eigenvalue weighted by molar-refractivity contribution is -0.134. The maximum atomic E-state index is 15.8. The van der Waals surface area contributed by atoms with Crippen LogP contribution in [0.1, 0.15) is 79.8 Å². The third-order valence-electron chi connectivity index (χ3n) is 11.9. The van der Waals surface area contributed by atoms with Crippen molar-refractivity contribution in [3.8, 4) is 21.8 Å². The summed E-state index contributed by atoms with van der Waals surface area (Å²) in [4.78, 5) is 43.4. The summed E-state index contributed by atoms with van der Waals surface area (Å²) in [5, 5.41) is 6.52. The fourth-order valence-electron chi connectivity index (χ4n) is 8.69. The Kier molecular flexibility index (Phi) is 12.6. The maximum Gasteiger partial charge on any atom is 0.234 e. The standard InChI is InChI=1S/C45H51FN8O4S2/c1-3-27-60(57,58)52-38-6-4-5-37(41(38)46)42-43(59-29(2)48-42)39-17-22-47-45(50-39)49-34-11-7-31(8-12-34)32-20-23-53(24-21-32)28-30-18-25-54(26-19-30)35-13-9-33(10-14-35)36-15-16-40(55)51-44(36)56/h4-14,17,22,30,32,36,52H,3,15-16,18-21,23-28H2,1-2H3,(H,47,49,50)(H,51,55,56)/t36-/m0/s1. The number of aryl methyl sites for hydroxylation is 1. The third kappa shape index (κ3) is 9.69. The van der Waals surface area contributed by atoms with E-state index in [1.807, 2.05) is 19.1 Å². The summed E-state index contributed by atoms with van der Waals surface area (Å²) in [5.41, 5.74) is 5.42. The number of carbonyl (C=O) groups is 2. The van der Waals surface area contributed by atoms with Crippen molar-refractivity contribution in [2.24, 2.45) is 5.92 Å². The molecule has 2 aromatic heterocycles. The molecule has 3 fully saturated rings. The van der Waals surface area contributed by atoms with Crippen LogP contribution in [0.2, 0.25) is 0 Å². The highest BCUT2D eigenvalue weighted by atomic mass is 32.2. The largest absolute Gasteiger partial charge is 0.372 e. The van der Waals surface area contributed by atoms with Gasteiger partial charge in [0.05, 0.1) is 38.6 Å². The van der Waals surface area contributed by atoms with Gasteiger partial charge in [-0.05, 0) is 124 Å². The van der Waals surface area contributed by atoms with Crippen molar-refractivity contribution in [1.29, 1.82) is 0 Å². The molecule has 1 atom stereocenters. The van der Waals surface area contributed by atoms with E-state index >= 15 is 4.39 Å². The average molecular weight is 851 g/mol. The molecule has 60 heavy (non-hydrogen) atoms. The van der Waals surface area contributed by atoms with Gasteiger partial charge in [-0.1, -0.05) is 37.3 Å². The molecule has 0 unspecified atom stereocenters. The number of rotatable bonds is 13. The van der Waals surface area contributed by atoms with Crippen molar-refractivity contribution in [3.63, 3.8) is 0 Å². The molecule has 5 heterocycles. The molecule has 8 rings (SSSR count). The molecule has 15 heteroatoms. The number of anilines is 4. The van der Waals surface area contributed by atoms with Crippen LogP contribution >= 0.6 is 11.3 Å². The number of thiazole rings is 1. The van der Waals surface area contributed by atoms with Crippen LogP contribution in [-0.2, 0) is 19.6 Å². The first-order valence-electron chi connectivity index (χ1n) is 20.9. The van der Waals surface area contributed by atoms with Gasteiger partial charge in [0, 0.05) is 49.2 Å². The predicted octanol–water partition coefficient (Wildman–Crippen LogP) is 8.23. The molecule has 3 aromatic carbocycles. The molecule has 0 saturated carbocycles. The minimum Gasteiger partial charge on any atom is -0.372 e. The number of nitrogens with zero attached hydrogens (tertiary/aromatic N) is 5. The normalized spacial score (nSPS) is 18.4. The van der Waals surface area contributed by atoms with Crippen LogP contribution in [0.3, 0.4) is 0 Å². The number of hydrogen-bond acceptors (Lipinski definition) is 11. The summed E-state index contributed by atoms with van der Waals surface area (Å²) >= 11 is 1.39. The number of halogens is 1. The second-order valence-electron chi connectivity index (χ2n) is 16.1. The van der Waals surface area contributed by atoms with Crippen LogP contribution in [0.25, 0.3) is 21.8 Å². The monoisotopic (exact) mass is 850 g/mol. The van der Waals surface area contributed by atoms with Crippen molar-refractivity contribution < 1.29 is 22.4 Å². The Morgan fingerprint density at radius 3 is 2.33 bits per heavy atom. The smallest absolute Gasteiger partial charge is 0.234 e. The van der Waals surface area contributed by atoms with Crippen LogP contribution in [0.5, 0.6) is 0 Å². The highest BCUT2D eigenvalue weighted by molar-refractivity contribution is 7.92. The number of imide groups is 1. The van der Waals surface area contributed by atoms with E-state index in [4.69, 9.17) is 4.98 Å².